The summed E-state index contributed by atoms with van der Waals surface area (Å²) in [6.45, 7) is 2.35. The van der Waals surface area contributed by atoms with Crippen molar-refractivity contribution in [3.8, 4) is 5.75 Å². The Kier molecular flexibility index (Phi) is 4.71. The highest BCUT2D eigenvalue weighted by Gasteiger charge is 2.22. The maximum Gasteiger partial charge on any atom is 0.319 e. The molecule has 0 fully saturated rings. The lowest BCUT2D eigenvalue weighted by Gasteiger charge is -2.23. The summed E-state index contributed by atoms with van der Waals surface area (Å²) < 4.78 is 5.51. The number of carbonyl (C=O) groups excluding carboxylic acids is 1. The van der Waals surface area contributed by atoms with E-state index < -0.39 is 0 Å². The molecule has 0 aliphatic heterocycles. The number of nitrogens with one attached hydrogen (secondary N) is 3. The van der Waals surface area contributed by atoms with Gasteiger partial charge in [-0.1, -0.05) is 17.7 Å². The molecule has 1 aromatic heterocycles. The summed E-state index contributed by atoms with van der Waals surface area (Å²) in [7, 11) is 0. The number of benzene rings is 1. The Morgan fingerprint density at radius 1 is 1.52 bits per heavy atom. The van der Waals surface area contributed by atoms with Crippen molar-refractivity contribution in [2.45, 2.75) is 32.2 Å². The van der Waals surface area contributed by atoms with Gasteiger partial charge in [-0.05, 0) is 43.9 Å². The minimum atomic E-state index is -0.259. The van der Waals surface area contributed by atoms with E-state index in [1.54, 1.807) is 18.2 Å². The fourth-order valence-electron chi connectivity index (χ4n) is 2.78. The van der Waals surface area contributed by atoms with Gasteiger partial charge in [-0.25, -0.2) is 4.79 Å². The first-order chi connectivity index (χ1) is 11.2. The van der Waals surface area contributed by atoms with E-state index in [4.69, 9.17) is 16.3 Å². The van der Waals surface area contributed by atoms with Gasteiger partial charge in [0, 0.05) is 11.7 Å². The third kappa shape index (κ3) is 3.59. The molecular weight excluding hydrogens is 316 g/mol. The number of fused-ring (bicyclic) bond motifs is 1. The normalized spacial score (nSPS) is 16.5. The first-order valence-corrected chi connectivity index (χ1v) is 8.05. The smallest absolute Gasteiger partial charge is 0.319 e. The quantitative estimate of drug-likeness (QED) is 0.803. The van der Waals surface area contributed by atoms with Crippen LogP contribution in [0.4, 0.5) is 10.5 Å². The number of urea groups is 1. The van der Waals surface area contributed by atoms with Gasteiger partial charge in [-0.3, -0.25) is 5.10 Å². The molecular formula is C16H19ClN4O2. The Balaban J connectivity index is 1.63. The van der Waals surface area contributed by atoms with Gasteiger partial charge in [0.05, 0.1) is 23.5 Å². The molecule has 0 unspecified atom stereocenters. The van der Waals surface area contributed by atoms with E-state index in [-0.39, 0.29) is 12.1 Å². The monoisotopic (exact) mass is 334 g/mol. The zero-order valence-corrected chi connectivity index (χ0v) is 13.6. The number of aromatic nitrogens is 2. The highest BCUT2D eigenvalue weighted by atomic mass is 35.5. The number of halogens is 1. The van der Waals surface area contributed by atoms with Gasteiger partial charge in [-0.15, -0.1) is 0 Å². The Bertz CT molecular complexity index is 701. The van der Waals surface area contributed by atoms with Crippen molar-refractivity contribution in [3.63, 3.8) is 0 Å². The second-order valence-electron chi connectivity index (χ2n) is 5.46. The van der Waals surface area contributed by atoms with Crippen LogP contribution in [0.5, 0.6) is 5.75 Å². The van der Waals surface area contributed by atoms with Crippen LogP contribution in [0.15, 0.2) is 24.4 Å². The van der Waals surface area contributed by atoms with Gasteiger partial charge in [0.25, 0.3) is 0 Å². The fraction of sp³-hybridized carbons (Fsp3) is 0.375. The van der Waals surface area contributed by atoms with Gasteiger partial charge < -0.3 is 15.4 Å². The molecule has 1 heterocycles. The summed E-state index contributed by atoms with van der Waals surface area (Å²) in [5, 5.41) is 13.3. The molecule has 122 valence electrons. The Hall–Kier alpha value is -2.21. The largest absolute Gasteiger partial charge is 0.490 e. The standard InChI is InChI=1S/C16H19ClN4O2/c1-2-23-15-12(17)4-3-5-14(15)20-16(22)19-11-6-7-13-10(8-11)9-18-21-13/h3-5,9,11H,2,6-8H2,1H3,(H,18,21)(H2,19,20,22)/t11-/m1/s1. The van der Waals surface area contributed by atoms with E-state index in [2.05, 4.69) is 20.8 Å². The van der Waals surface area contributed by atoms with Gasteiger partial charge in [-0.2, -0.15) is 5.10 Å². The third-order valence-corrected chi connectivity index (χ3v) is 4.15. The third-order valence-electron chi connectivity index (χ3n) is 3.86. The van der Waals surface area contributed by atoms with Crippen molar-refractivity contribution < 1.29 is 9.53 Å². The second kappa shape index (κ2) is 6.91. The topological polar surface area (TPSA) is 79.0 Å². The molecule has 1 aromatic carbocycles. The van der Waals surface area contributed by atoms with Crippen LogP contribution >= 0.6 is 11.6 Å². The fourth-order valence-corrected chi connectivity index (χ4v) is 3.01. The van der Waals surface area contributed by atoms with Crippen molar-refractivity contribution in [1.82, 2.24) is 15.5 Å². The average Bonchev–Trinajstić information content (AvgIpc) is 2.98. The minimum absolute atomic E-state index is 0.0924. The number of amides is 2. The first kappa shape index (κ1) is 15.7. The molecule has 7 heteroatoms. The van der Waals surface area contributed by atoms with Crippen molar-refractivity contribution in [2.75, 3.05) is 11.9 Å². The summed E-state index contributed by atoms with van der Waals surface area (Å²) in [5.41, 5.74) is 2.90. The van der Waals surface area contributed by atoms with E-state index in [9.17, 15) is 4.79 Å². The Morgan fingerprint density at radius 2 is 2.39 bits per heavy atom. The SMILES string of the molecule is CCOc1c(Cl)cccc1NC(=O)N[C@@H]1CCc2[nH]ncc2C1. The van der Waals surface area contributed by atoms with E-state index in [0.29, 0.717) is 23.1 Å². The maximum atomic E-state index is 12.3. The summed E-state index contributed by atoms with van der Waals surface area (Å²) >= 11 is 6.12. The molecule has 2 amide bonds. The highest BCUT2D eigenvalue weighted by Crippen LogP contribution is 2.32. The molecule has 6 nitrogen and oxygen atoms in total. The number of nitrogens with zero attached hydrogens (tertiary/aromatic N) is 1. The molecule has 2 aromatic rings. The van der Waals surface area contributed by atoms with E-state index in [1.165, 1.54) is 5.56 Å². The lowest BCUT2D eigenvalue weighted by Crippen LogP contribution is -2.41. The highest BCUT2D eigenvalue weighted by molar-refractivity contribution is 6.32. The van der Waals surface area contributed by atoms with Crippen molar-refractivity contribution in [1.29, 1.82) is 0 Å². The lowest BCUT2D eigenvalue weighted by atomic mass is 9.94. The maximum absolute atomic E-state index is 12.3. The van der Waals surface area contributed by atoms with Crippen LogP contribution in [0.1, 0.15) is 24.6 Å². The number of rotatable bonds is 4. The average molecular weight is 335 g/mol. The van der Waals surface area contributed by atoms with Crippen molar-refractivity contribution >= 4 is 23.3 Å². The van der Waals surface area contributed by atoms with Crippen LogP contribution < -0.4 is 15.4 Å². The second-order valence-corrected chi connectivity index (χ2v) is 5.87. The molecule has 3 rings (SSSR count). The molecule has 1 atom stereocenters. The van der Waals surface area contributed by atoms with Crippen LogP contribution in [-0.4, -0.2) is 28.9 Å². The van der Waals surface area contributed by atoms with Crippen LogP contribution in [0.2, 0.25) is 5.02 Å². The van der Waals surface area contributed by atoms with E-state index >= 15 is 0 Å². The van der Waals surface area contributed by atoms with E-state index in [1.807, 2.05) is 13.1 Å². The van der Waals surface area contributed by atoms with Crippen LogP contribution in [0, 0.1) is 0 Å². The minimum Gasteiger partial charge on any atom is -0.490 e. The Morgan fingerprint density at radius 3 is 3.22 bits per heavy atom. The zero-order valence-electron chi connectivity index (χ0n) is 12.9. The van der Waals surface area contributed by atoms with E-state index in [0.717, 1.165) is 25.0 Å². The van der Waals surface area contributed by atoms with Crippen molar-refractivity contribution in [2.24, 2.45) is 0 Å². The van der Waals surface area contributed by atoms with Gasteiger partial charge >= 0.3 is 6.03 Å². The molecule has 0 radical (unpaired) electrons. The summed E-state index contributed by atoms with van der Waals surface area (Å²) in [5.74, 6) is 0.493. The number of hydrogen-bond acceptors (Lipinski definition) is 3. The zero-order chi connectivity index (χ0) is 16.2. The molecule has 23 heavy (non-hydrogen) atoms. The molecule has 0 saturated carbocycles. The number of anilines is 1. The molecule has 0 spiro atoms. The number of ether oxygens (including phenoxy) is 1. The van der Waals surface area contributed by atoms with Crippen LogP contribution in [0.25, 0.3) is 0 Å². The lowest BCUT2D eigenvalue weighted by molar-refractivity contribution is 0.247. The number of aryl methyl sites for hydroxylation is 1. The van der Waals surface area contributed by atoms with Crippen LogP contribution in [-0.2, 0) is 12.8 Å². The number of hydrogen-bond donors (Lipinski definition) is 3. The number of para-hydroxylation sites is 1. The number of aromatic amines is 1. The molecule has 0 saturated heterocycles. The number of H-pyrrole nitrogens is 1. The summed E-state index contributed by atoms with van der Waals surface area (Å²) in [6, 6.07) is 5.11. The molecule has 3 N–H and O–H groups in total. The predicted molar refractivity (Wildman–Crippen MR) is 89.2 cm³/mol. The summed E-state index contributed by atoms with van der Waals surface area (Å²) in [4.78, 5) is 12.3. The predicted octanol–water partition coefficient (Wildman–Crippen LogP) is 3.14. The van der Waals surface area contributed by atoms with Gasteiger partial charge in [0.15, 0.2) is 5.75 Å². The molecule has 1 aliphatic carbocycles. The first-order valence-electron chi connectivity index (χ1n) is 7.67. The Labute approximate surface area is 139 Å². The van der Waals surface area contributed by atoms with Crippen molar-refractivity contribution in [3.05, 3.63) is 40.7 Å². The van der Waals surface area contributed by atoms with Gasteiger partial charge in [0.2, 0.25) is 0 Å². The van der Waals surface area contributed by atoms with Crippen LogP contribution in [0.3, 0.4) is 0 Å². The summed E-state index contributed by atoms with van der Waals surface area (Å²) in [6.07, 6.45) is 4.39. The molecule has 0 bridgehead atoms. The number of carbonyl (C=O) groups is 1. The molecule has 1 aliphatic rings. The van der Waals surface area contributed by atoms with Gasteiger partial charge in [0.1, 0.15) is 0 Å².